The van der Waals surface area contributed by atoms with Crippen molar-refractivity contribution >= 4 is 29.5 Å². The minimum absolute atomic E-state index is 0.124. The van der Waals surface area contributed by atoms with Crippen LogP contribution < -0.4 is 0 Å². The summed E-state index contributed by atoms with van der Waals surface area (Å²) < 4.78 is 14.2. The van der Waals surface area contributed by atoms with Gasteiger partial charge in [0.25, 0.3) is 0 Å². The van der Waals surface area contributed by atoms with Crippen molar-refractivity contribution in [1.29, 1.82) is 0 Å². The van der Waals surface area contributed by atoms with Crippen molar-refractivity contribution in [1.82, 2.24) is 0 Å². The molecule has 0 unspecified atom stereocenters. The number of methoxy groups -OCH3 is 2. The highest BCUT2D eigenvalue weighted by Crippen LogP contribution is 2.29. The lowest BCUT2D eigenvalue weighted by atomic mass is 9.78. The number of hydrogen-bond acceptors (Lipinski definition) is 8. The molecule has 0 aromatic heterocycles. The molecule has 0 aliphatic rings. The number of carbonyl (C=O) groups excluding carboxylic acids is 5. The van der Waals surface area contributed by atoms with Crippen molar-refractivity contribution in [3.05, 3.63) is 0 Å². The third-order valence-electron chi connectivity index (χ3n) is 3.70. The zero-order valence-corrected chi connectivity index (χ0v) is 16.3. The Morgan fingerprint density at radius 3 is 1.81 bits per heavy atom. The molecule has 0 saturated carbocycles. The fraction of sp³-hybridized carbons (Fsp3) is 0.722. The Kier molecular flexibility index (Phi) is 9.17. The van der Waals surface area contributed by atoms with Crippen LogP contribution >= 0.6 is 0 Å². The van der Waals surface area contributed by atoms with E-state index in [2.05, 4.69) is 9.47 Å². The Morgan fingerprint density at radius 2 is 1.35 bits per heavy atom. The average molecular weight is 372 g/mol. The van der Waals surface area contributed by atoms with E-state index in [9.17, 15) is 24.0 Å². The van der Waals surface area contributed by atoms with E-state index in [1.165, 1.54) is 14.0 Å². The number of ketones is 2. The number of hydrogen-bond donors (Lipinski definition) is 0. The molecule has 0 spiro atoms. The summed E-state index contributed by atoms with van der Waals surface area (Å²) in [6.07, 6.45) is -1.12. The van der Waals surface area contributed by atoms with Gasteiger partial charge in [-0.2, -0.15) is 0 Å². The van der Waals surface area contributed by atoms with E-state index in [0.29, 0.717) is 0 Å². The molecule has 0 bridgehead atoms. The highest BCUT2D eigenvalue weighted by molar-refractivity contribution is 6.04. The Bertz CT molecular complexity index is 558. The molecule has 8 nitrogen and oxygen atoms in total. The first-order chi connectivity index (χ1) is 11.9. The van der Waals surface area contributed by atoms with Crippen LogP contribution in [-0.2, 0) is 38.2 Å². The lowest BCUT2D eigenvalue weighted by Gasteiger charge is -2.25. The van der Waals surface area contributed by atoms with Gasteiger partial charge in [-0.25, -0.2) is 0 Å². The number of carbonyl (C=O) groups is 5. The maximum Gasteiger partial charge on any atom is 0.319 e. The van der Waals surface area contributed by atoms with Gasteiger partial charge in [0.05, 0.1) is 20.6 Å². The Morgan fingerprint density at radius 1 is 0.769 bits per heavy atom. The lowest BCUT2D eigenvalue weighted by molar-refractivity contribution is -0.158. The van der Waals surface area contributed by atoms with Crippen molar-refractivity contribution in [3.8, 4) is 0 Å². The zero-order chi connectivity index (χ0) is 20.5. The minimum Gasteiger partial charge on any atom is -0.469 e. The molecule has 0 heterocycles. The number of ether oxygens (including phenoxy) is 3. The molecule has 0 fully saturated rings. The summed E-state index contributed by atoms with van der Waals surface area (Å²) in [5.41, 5.74) is -2.28. The second-order valence-electron chi connectivity index (χ2n) is 7.12. The van der Waals surface area contributed by atoms with Crippen LogP contribution in [0, 0.1) is 5.41 Å². The molecular weight excluding hydrogens is 344 g/mol. The van der Waals surface area contributed by atoms with Gasteiger partial charge in [0.1, 0.15) is 29.0 Å². The lowest BCUT2D eigenvalue weighted by Crippen LogP contribution is -2.38. The number of esters is 3. The largest absolute Gasteiger partial charge is 0.469 e. The van der Waals surface area contributed by atoms with Crippen LogP contribution in [0.5, 0.6) is 0 Å². The Hall–Kier alpha value is -2.25. The molecule has 0 saturated heterocycles. The Labute approximate surface area is 153 Å². The summed E-state index contributed by atoms with van der Waals surface area (Å²) in [6.45, 7) is 6.41. The van der Waals surface area contributed by atoms with Gasteiger partial charge in [-0.15, -0.1) is 0 Å². The highest BCUT2D eigenvalue weighted by Gasteiger charge is 2.42. The summed E-state index contributed by atoms with van der Waals surface area (Å²) in [4.78, 5) is 59.3. The van der Waals surface area contributed by atoms with Crippen LogP contribution in [0.4, 0.5) is 0 Å². The number of Topliss-reactive ketones (excluding diaryl/α,β-unsaturated/α-hetero) is 2. The molecule has 0 rings (SSSR count). The van der Waals surface area contributed by atoms with Gasteiger partial charge in [-0.3, -0.25) is 24.0 Å². The molecule has 1 atom stereocenters. The number of rotatable bonds is 10. The van der Waals surface area contributed by atoms with E-state index in [0.717, 1.165) is 7.11 Å². The molecular formula is C18H28O8. The van der Waals surface area contributed by atoms with E-state index in [4.69, 9.17) is 4.74 Å². The van der Waals surface area contributed by atoms with Crippen molar-refractivity contribution in [2.75, 3.05) is 14.2 Å². The zero-order valence-electron chi connectivity index (χ0n) is 16.3. The molecule has 0 N–H and O–H groups in total. The van der Waals surface area contributed by atoms with E-state index in [1.807, 2.05) is 0 Å². The van der Waals surface area contributed by atoms with Crippen LogP contribution in [0.2, 0.25) is 0 Å². The molecule has 0 radical (unpaired) electrons. The average Bonchev–Trinajstić information content (AvgIpc) is 2.54. The molecule has 148 valence electrons. The topological polar surface area (TPSA) is 113 Å². The van der Waals surface area contributed by atoms with Gasteiger partial charge in [0.2, 0.25) is 0 Å². The summed E-state index contributed by atoms with van der Waals surface area (Å²) in [7, 11) is 2.33. The summed E-state index contributed by atoms with van der Waals surface area (Å²) in [6, 6.07) is 0. The van der Waals surface area contributed by atoms with Gasteiger partial charge in [0, 0.05) is 12.8 Å². The van der Waals surface area contributed by atoms with Crippen molar-refractivity contribution < 1.29 is 38.2 Å². The fourth-order valence-electron chi connectivity index (χ4n) is 2.19. The van der Waals surface area contributed by atoms with E-state index < -0.39 is 46.9 Å². The normalized spacial score (nSPS) is 13.3. The van der Waals surface area contributed by atoms with Crippen LogP contribution in [0.25, 0.3) is 0 Å². The standard InChI is InChI=1S/C18H28O8/c1-17(2,3)26-15(22)11-12(19)9-10-18(4,16(23)25-6)13(20)7-8-14(21)24-5/h7-11H2,1-6H3/t18-/m0/s1. The van der Waals surface area contributed by atoms with Gasteiger partial charge in [-0.05, 0) is 34.1 Å². The van der Waals surface area contributed by atoms with E-state index in [-0.39, 0.29) is 25.7 Å². The van der Waals surface area contributed by atoms with Crippen LogP contribution in [-0.4, -0.2) is 49.3 Å². The van der Waals surface area contributed by atoms with E-state index >= 15 is 0 Å². The van der Waals surface area contributed by atoms with Crippen molar-refractivity contribution in [2.45, 2.75) is 65.4 Å². The van der Waals surface area contributed by atoms with Gasteiger partial charge in [0.15, 0.2) is 0 Å². The minimum atomic E-state index is -1.58. The quantitative estimate of drug-likeness (QED) is 0.324. The maximum atomic E-state index is 12.4. The summed E-state index contributed by atoms with van der Waals surface area (Å²) in [5, 5.41) is 0. The molecule has 8 heteroatoms. The monoisotopic (exact) mass is 372 g/mol. The molecule has 26 heavy (non-hydrogen) atoms. The van der Waals surface area contributed by atoms with E-state index in [1.54, 1.807) is 20.8 Å². The van der Waals surface area contributed by atoms with Gasteiger partial charge < -0.3 is 14.2 Å². The maximum absolute atomic E-state index is 12.4. The first-order valence-corrected chi connectivity index (χ1v) is 8.27. The van der Waals surface area contributed by atoms with Crippen molar-refractivity contribution in [2.24, 2.45) is 5.41 Å². The van der Waals surface area contributed by atoms with Crippen molar-refractivity contribution in [3.63, 3.8) is 0 Å². The smallest absolute Gasteiger partial charge is 0.319 e. The first kappa shape index (κ1) is 23.8. The predicted molar refractivity (Wildman–Crippen MR) is 91.1 cm³/mol. The predicted octanol–water partition coefficient (Wildman–Crippen LogP) is 1.77. The molecule has 0 aromatic carbocycles. The second-order valence-corrected chi connectivity index (χ2v) is 7.12. The fourth-order valence-corrected chi connectivity index (χ4v) is 2.19. The van der Waals surface area contributed by atoms with Crippen LogP contribution in [0.15, 0.2) is 0 Å². The highest BCUT2D eigenvalue weighted by atomic mass is 16.6. The first-order valence-electron chi connectivity index (χ1n) is 8.27. The summed E-state index contributed by atoms with van der Waals surface area (Å²) >= 11 is 0. The molecule has 0 amide bonds. The second kappa shape index (κ2) is 10.0. The van der Waals surface area contributed by atoms with Crippen LogP contribution in [0.3, 0.4) is 0 Å². The third kappa shape index (κ3) is 8.22. The molecule has 0 aliphatic heterocycles. The molecule has 0 aliphatic carbocycles. The SMILES string of the molecule is COC(=O)CCC(=O)[C@](C)(CCC(=O)CC(=O)OC(C)(C)C)C(=O)OC. The van der Waals surface area contributed by atoms with Crippen LogP contribution in [0.1, 0.15) is 59.8 Å². The van der Waals surface area contributed by atoms with Gasteiger partial charge >= 0.3 is 17.9 Å². The third-order valence-corrected chi connectivity index (χ3v) is 3.70. The Balaban J connectivity index is 4.88. The van der Waals surface area contributed by atoms with Gasteiger partial charge in [-0.1, -0.05) is 0 Å². The molecule has 0 aromatic rings. The summed E-state index contributed by atoms with van der Waals surface area (Å²) in [5.74, 6) is -3.02.